The van der Waals surface area contributed by atoms with E-state index in [1.807, 2.05) is 0 Å². The van der Waals surface area contributed by atoms with Crippen LogP contribution in [0.5, 0.6) is 0 Å². The Bertz CT molecular complexity index is 211. The Morgan fingerprint density at radius 2 is 1.67 bits per heavy atom. The predicted octanol–water partition coefficient (Wildman–Crippen LogP) is 1.85. The van der Waals surface area contributed by atoms with E-state index < -0.39 is 8.80 Å². The molecule has 0 aromatic rings. The average Bonchev–Trinajstić information content (AvgIpc) is 2.33. The molecule has 0 aliphatic heterocycles. The fourth-order valence-electron chi connectivity index (χ4n) is 2.81. The summed E-state index contributed by atoms with van der Waals surface area (Å²) in [6.07, 6.45) is 5.34. The Labute approximate surface area is 114 Å². The molecule has 5 heteroatoms. The molecule has 1 rings (SSSR count). The predicted molar refractivity (Wildman–Crippen MR) is 79.3 cm³/mol. The van der Waals surface area contributed by atoms with Gasteiger partial charge in [0, 0.05) is 12.6 Å². The topological polar surface area (TPSA) is 45.3 Å². The Kier molecular flexibility index (Phi) is 7.40. The van der Waals surface area contributed by atoms with Crippen LogP contribution in [0.3, 0.4) is 0 Å². The van der Waals surface area contributed by atoms with Crippen LogP contribution in [0.25, 0.3) is 0 Å². The number of nitrogens with one attached hydrogen (secondary N) is 3. The van der Waals surface area contributed by atoms with Crippen molar-refractivity contribution >= 4 is 8.80 Å². The summed E-state index contributed by atoms with van der Waals surface area (Å²) >= 11 is 0. The zero-order chi connectivity index (χ0) is 13.4. The third-order valence-corrected chi connectivity index (χ3v) is 6.91. The molecule has 1 saturated carbocycles. The first kappa shape index (κ1) is 16.1. The fraction of sp³-hybridized carbons (Fsp3) is 1.00. The van der Waals surface area contributed by atoms with Crippen molar-refractivity contribution in [2.45, 2.75) is 59.4 Å². The lowest BCUT2D eigenvalue weighted by Gasteiger charge is -2.39. The molecular formula is C13H31N3OSi. The third-order valence-electron chi connectivity index (χ3n) is 3.71. The van der Waals surface area contributed by atoms with Gasteiger partial charge in [0.15, 0.2) is 0 Å². The molecule has 0 heterocycles. The van der Waals surface area contributed by atoms with E-state index in [0.29, 0.717) is 6.04 Å². The second-order valence-electron chi connectivity index (χ2n) is 5.19. The first-order valence-corrected chi connectivity index (χ1v) is 9.50. The second kappa shape index (κ2) is 8.27. The molecule has 0 saturated heterocycles. The van der Waals surface area contributed by atoms with Crippen molar-refractivity contribution in [2.24, 2.45) is 5.92 Å². The molecule has 1 aliphatic carbocycles. The molecule has 18 heavy (non-hydrogen) atoms. The summed E-state index contributed by atoms with van der Waals surface area (Å²) in [6.45, 7) is 11.3. The van der Waals surface area contributed by atoms with E-state index in [9.17, 15) is 0 Å². The highest BCUT2D eigenvalue weighted by atomic mass is 28.4. The van der Waals surface area contributed by atoms with E-state index in [1.165, 1.54) is 25.7 Å². The van der Waals surface area contributed by atoms with Crippen molar-refractivity contribution in [3.8, 4) is 0 Å². The maximum atomic E-state index is 6.07. The normalized spacial score (nSPS) is 25.3. The molecule has 0 aromatic heterocycles. The van der Waals surface area contributed by atoms with Crippen LogP contribution < -0.4 is 14.9 Å². The maximum absolute atomic E-state index is 6.07. The Morgan fingerprint density at radius 3 is 2.17 bits per heavy atom. The van der Waals surface area contributed by atoms with Crippen molar-refractivity contribution in [3.05, 3.63) is 0 Å². The van der Waals surface area contributed by atoms with Gasteiger partial charge in [0.1, 0.15) is 0 Å². The van der Waals surface area contributed by atoms with Crippen LogP contribution in [-0.4, -0.2) is 34.5 Å². The standard InChI is InChI=1S/C13H31N3OSi/c1-5-14-18(15-6-2,17-7-3)16-13-11-9-8-10-12(13)4/h12-16H,5-11H2,1-4H3. The Hall–Kier alpha value is 0.0569. The summed E-state index contributed by atoms with van der Waals surface area (Å²) in [5.41, 5.74) is 0. The molecule has 1 aliphatic rings. The van der Waals surface area contributed by atoms with E-state index in [0.717, 1.165) is 25.6 Å². The quantitative estimate of drug-likeness (QED) is 0.591. The minimum absolute atomic E-state index is 0.593. The molecule has 0 amide bonds. The van der Waals surface area contributed by atoms with Crippen molar-refractivity contribution in [3.63, 3.8) is 0 Å². The highest BCUT2D eigenvalue weighted by molar-refractivity contribution is 6.66. The van der Waals surface area contributed by atoms with Gasteiger partial charge in [-0.15, -0.1) is 0 Å². The van der Waals surface area contributed by atoms with Crippen LogP contribution >= 0.6 is 0 Å². The minimum Gasteiger partial charge on any atom is -0.380 e. The van der Waals surface area contributed by atoms with E-state index in [2.05, 4.69) is 42.6 Å². The molecule has 4 nitrogen and oxygen atoms in total. The first-order chi connectivity index (χ1) is 8.67. The van der Waals surface area contributed by atoms with Crippen LogP contribution in [-0.2, 0) is 4.43 Å². The largest absolute Gasteiger partial charge is 0.440 e. The second-order valence-corrected chi connectivity index (χ2v) is 7.83. The zero-order valence-corrected chi connectivity index (χ0v) is 13.5. The van der Waals surface area contributed by atoms with Gasteiger partial charge in [-0.2, -0.15) is 0 Å². The van der Waals surface area contributed by atoms with Crippen molar-refractivity contribution in [1.82, 2.24) is 14.9 Å². The highest BCUT2D eigenvalue weighted by Crippen LogP contribution is 2.24. The lowest BCUT2D eigenvalue weighted by Crippen LogP contribution is -2.76. The van der Waals surface area contributed by atoms with Gasteiger partial charge in [-0.25, -0.2) is 0 Å². The van der Waals surface area contributed by atoms with E-state index in [-0.39, 0.29) is 0 Å². The van der Waals surface area contributed by atoms with E-state index in [1.54, 1.807) is 0 Å². The molecule has 0 spiro atoms. The number of hydrogen-bond donors (Lipinski definition) is 3. The summed E-state index contributed by atoms with van der Waals surface area (Å²) in [5.74, 6) is 0.753. The van der Waals surface area contributed by atoms with Crippen LogP contribution in [0, 0.1) is 5.92 Å². The van der Waals surface area contributed by atoms with Crippen molar-refractivity contribution in [1.29, 1.82) is 0 Å². The van der Waals surface area contributed by atoms with Crippen LogP contribution in [0.2, 0.25) is 0 Å². The van der Waals surface area contributed by atoms with Gasteiger partial charge < -0.3 is 4.43 Å². The summed E-state index contributed by atoms with van der Waals surface area (Å²) in [7, 11) is -2.17. The SMILES string of the molecule is CCN[Si](NCC)(NC1CCCCC1C)OCC. The third kappa shape index (κ3) is 4.62. The monoisotopic (exact) mass is 273 g/mol. The van der Waals surface area contributed by atoms with Gasteiger partial charge >= 0.3 is 8.80 Å². The minimum atomic E-state index is -2.17. The van der Waals surface area contributed by atoms with Crippen LogP contribution in [0.4, 0.5) is 0 Å². The van der Waals surface area contributed by atoms with E-state index in [4.69, 9.17) is 4.43 Å². The summed E-state index contributed by atoms with van der Waals surface area (Å²) < 4.78 is 6.07. The average molecular weight is 273 g/mol. The zero-order valence-electron chi connectivity index (χ0n) is 12.5. The molecule has 2 unspecified atom stereocenters. The lowest BCUT2D eigenvalue weighted by molar-refractivity contribution is 0.247. The van der Waals surface area contributed by atoms with Gasteiger partial charge in [0.05, 0.1) is 0 Å². The Morgan fingerprint density at radius 1 is 1.06 bits per heavy atom. The van der Waals surface area contributed by atoms with Crippen molar-refractivity contribution < 1.29 is 4.43 Å². The molecule has 1 fully saturated rings. The number of rotatable bonds is 8. The summed E-state index contributed by atoms with van der Waals surface area (Å²) in [4.78, 5) is 10.9. The number of hydrogen-bond acceptors (Lipinski definition) is 4. The van der Waals surface area contributed by atoms with Gasteiger partial charge in [-0.3, -0.25) is 14.9 Å². The molecule has 2 atom stereocenters. The lowest BCUT2D eigenvalue weighted by atomic mass is 9.87. The van der Waals surface area contributed by atoms with Crippen LogP contribution in [0.1, 0.15) is 53.4 Å². The molecule has 0 aromatic carbocycles. The fourth-order valence-corrected chi connectivity index (χ4v) is 5.81. The van der Waals surface area contributed by atoms with Crippen LogP contribution in [0.15, 0.2) is 0 Å². The Balaban J connectivity index is 2.67. The van der Waals surface area contributed by atoms with Gasteiger partial charge in [-0.1, -0.05) is 33.6 Å². The summed E-state index contributed by atoms with van der Waals surface area (Å²) in [6, 6.07) is 0.593. The molecule has 0 radical (unpaired) electrons. The smallest absolute Gasteiger partial charge is 0.380 e. The molecular weight excluding hydrogens is 242 g/mol. The molecule has 0 bridgehead atoms. The summed E-state index contributed by atoms with van der Waals surface area (Å²) in [5, 5.41) is 0. The highest BCUT2D eigenvalue weighted by Gasteiger charge is 2.39. The first-order valence-electron chi connectivity index (χ1n) is 7.59. The van der Waals surface area contributed by atoms with Gasteiger partial charge in [-0.05, 0) is 38.8 Å². The van der Waals surface area contributed by atoms with Gasteiger partial charge in [0.25, 0.3) is 0 Å². The van der Waals surface area contributed by atoms with E-state index >= 15 is 0 Å². The molecule has 3 N–H and O–H groups in total. The maximum Gasteiger partial charge on any atom is 0.440 e. The van der Waals surface area contributed by atoms with Crippen molar-refractivity contribution in [2.75, 3.05) is 19.7 Å². The van der Waals surface area contributed by atoms with Gasteiger partial charge in [0.2, 0.25) is 0 Å². The molecule has 108 valence electrons.